The Bertz CT molecular complexity index is 1140. The Balaban J connectivity index is 1.79. The van der Waals surface area contributed by atoms with Crippen LogP contribution in [0.5, 0.6) is 0 Å². The summed E-state index contributed by atoms with van der Waals surface area (Å²) in [7, 11) is -3.93. The van der Waals surface area contributed by atoms with Gasteiger partial charge in [-0.25, -0.2) is 13.2 Å². The zero-order valence-corrected chi connectivity index (χ0v) is 17.6. The Labute approximate surface area is 177 Å². The van der Waals surface area contributed by atoms with Gasteiger partial charge in [0, 0.05) is 5.56 Å². The van der Waals surface area contributed by atoms with Crippen molar-refractivity contribution in [1.82, 2.24) is 0 Å². The minimum atomic E-state index is -3.93. The lowest BCUT2D eigenvalue weighted by molar-refractivity contribution is 0.0320. The molecule has 0 amide bonds. The first-order valence-corrected chi connectivity index (χ1v) is 11.1. The monoisotopic (exact) mass is 449 g/mol. The number of carbonyl (C=O) groups is 2. The number of esters is 1. The Kier molecular flexibility index (Phi) is 6.36. The Morgan fingerprint density at radius 1 is 1.00 bits per heavy atom. The highest BCUT2D eigenvalue weighted by atomic mass is 35.5. The molecule has 0 unspecified atom stereocenters. The first-order valence-electron chi connectivity index (χ1n) is 8.45. The second-order valence-corrected chi connectivity index (χ2v) is 9.61. The van der Waals surface area contributed by atoms with Crippen molar-refractivity contribution in [1.29, 1.82) is 0 Å². The second kappa shape index (κ2) is 8.77. The number of benzene rings is 2. The fourth-order valence-electron chi connectivity index (χ4n) is 2.50. The van der Waals surface area contributed by atoms with Crippen molar-refractivity contribution >= 4 is 50.4 Å². The zero-order valence-electron chi connectivity index (χ0n) is 15.2. The van der Waals surface area contributed by atoms with Crippen molar-refractivity contribution in [3.05, 3.63) is 82.2 Å². The summed E-state index contributed by atoms with van der Waals surface area (Å²) >= 11 is 6.70. The number of halogens is 1. The topological polar surface area (TPSA) is 89.5 Å². The van der Waals surface area contributed by atoms with E-state index in [0.717, 1.165) is 11.3 Å². The molecule has 150 valence electrons. The van der Waals surface area contributed by atoms with Crippen LogP contribution in [0.25, 0.3) is 0 Å². The largest absolute Gasteiger partial charge is 0.451 e. The van der Waals surface area contributed by atoms with E-state index in [0.29, 0.717) is 9.90 Å². The summed E-state index contributed by atoms with van der Waals surface area (Å²) in [5.74, 6) is -1.17. The first kappa shape index (κ1) is 21.0. The third-order valence-corrected chi connectivity index (χ3v) is 7.00. The van der Waals surface area contributed by atoms with E-state index in [1.165, 1.54) is 31.2 Å². The number of ether oxygens (including phenoxy) is 1. The van der Waals surface area contributed by atoms with Gasteiger partial charge in [-0.15, -0.1) is 11.3 Å². The summed E-state index contributed by atoms with van der Waals surface area (Å²) in [6.07, 6.45) is -1.04. The van der Waals surface area contributed by atoms with Gasteiger partial charge in [-0.1, -0.05) is 54.1 Å². The van der Waals surface area contributed by atoms with Crippen LogP contribution in [0, 0.1) is 0 Å². The highest BCUT2D eigenvalue weighted by Crippen LogP contribution is 2.28. The summed E-state index contributed by atoms with van der Waals surface area (Å²) < 4.78 is 33.1. The molecule has 0 saturated carbocycles. The van der Waals surface area contributed by atoms with Gasteiger partial charge in [-0.3, -0.25) is 9.52 Å². The lowest BCUT2D eigenvalue weighted by Gasteiger charge is -2.15. The summed E-state index contributed by atoms with van der Waals surface area (Å²) in [6, 6.07) is 17.3. The average molecular weight is 450 g/mol. The van der Waals surface area contributed by atoms with Gasteiger partial charge >= 0.3 is 5.97 Å². The number of anilines is 1. The number of para-hydroxylation sites is 1. The summed E-state index contributed by atoms with van der Waals surface area (Å²) in [4.78, 5) is 25.0. The van der Waals surface area contributed by atoms with Gasteiger partial charge in [0.25, 0.3) is 10.0 Å². The molecule has 3 rings (SSSR count). The molecule has 3 aromatic rings. The number of rotatable bonds is 7. The van der Waals surface area contributed by atoms with Crippen LogP contribution in [-0.2, 0) is 14.8 Å². The average Bonchev–Trinajstić information content (AvgIpc) is 3.15. The minimum Gasteiger partial charge on any atom is -0.451 e. The fourth-order valence-corrected chi connectivity index (χ4v) is 5.06. The van der Waals surface area contributed by atoms with E-state index >= 15 is 0 Å². The van der Waals surface area contributed by atoms with Crippen LogP contribution in [0.4, 0.5) is 5.69 Å². The van der Waals surface area contributed by atoms with Crippen LogP contribution in [0.3, 0.4) is 0 Å². The maximum Gasteiger partial charge on any atom is 0.340 e. The third-order valence-electron chi connectivity index (χ3n) is 3.92. The molecular formula is C20H16ClNO5S2. The van der Waals surface area contributed by atoms with Gasteiger partial charge in [0.15, 0.2) is 6.10 Å². The number of thiophene rings is 1. The summed E-state index contributed by atoms with van der Waals surface area (Å²) in [6.45, 7) is 1.47. The molecule has 0 saturated heterocycles. The van der Waals surface area contributed by atoms with Crippen LogP contribution in [0.2, 0.25) is 4.34 Å². The molecule has 1 atom stereocenters. The van der Waals surface area contributed by atoms with Gasteiger partial charge in [-0.2, -0.15) is 0 Å². The predicted octanol–water partition coefficient (Wildman–Crippen LogP) is 4.63. The lowest BCUT2D eigenvalue weighted by Crippen LogP contribution is -2.25. The van der Waals surface area contributed by atoms with Crippen molar-refractivity contribution < 1.29 is 22.7 Å². The molecular weight excluding hydrogens is 434 g/mol. The van der Waals surface area contributed by atoms with E-state index in [-0.39, 0.29) is 21.2 Å². The molecule has 6 nitrogen and oxygen atoms in total. The molecule has 0 spiro atoms. The number of Topliss-reactive ketones (excluding diaryl/α,β-unsaturated/α-hetero) is 1. The van der Waals surface area contributed by atoms with Crippen molar-refractivity contribution in [2.24, 2.45) is 0 Å². The Hall–Kier alpha value is -2.68. The van der Waals surface area contributed by atoms with Crippen molar-refractivity contribution in [2.45, 2.75) is 17.2 Å². The summed E-state index contributed by atoms with van der Waals surface area (Å²) in [5, 5.41) is 0. The predicted molar refractivity (Wildman–Crippen MR) is 112 cm³/mol. The number of nitrogens with one attached hydrogen (secondary N) is 1. The van der Waals surface area contributed by atoms with E-state index in [9.17, 15) is 18.0 Å². The maximum atomic E-state index is 12.6. The highest BCUT2D eigenvalue weighted by Gasteiger charge is 2.24. The quantitative estimate of drug-likeness (QED) is 0.419. The smallest absolute Gasteiger partial charge is 0.340 e. The maximum absolute atomic E-state index is 12.6. The molecule has 0 aliphatic carbocycles. The van der Waals surface area contributed by atoms with E-state index in [4.69, 9.17) is 16.3 Å². The Morgan fingerprint density at radius 3 is 2.31 bits per heavy atom. The van der Waals surface area contributed by atoms with Crippen molar-refractivity contribution in [3.63, 3.8) is 0 Å². The van der Waals surface area contributed by atoms with Crippen LogP contribution in [0.15, 0.2) is 70.9 Å². The van der Waals surface area contributed by atoms with E-state index in [1.54, 1.807) is 42.5 Å². The molecule has 0 aliphatic heterocycles. The standard InChI is InChI=1S/C20H16ClNO5S2/c1-13(19(23)14-7-3-2-4-8-14)27-20(24)15-9-5-6-10-16(15)22-29(25,26)18-12-11-17(21)28-18/h2-13,22H,1H3/t13-/m0/s1. The molecule has 0 bridgehead atoms. The van der Waals surface area contributed by atoms with Gasteiger partial charge < -0.3 is 4.74 Å². The molecule has 1 aromatic heterocycles. The molecule has 1 heterocycles. The highest BCUT2D eigenvalue weighted by molar-refractivity contribution is 7.94. The summed E-state index contributed by atoms with van der Waals surface area (Å²) in [5.41, 5.74) is 0.448. The normalized spacial score (nSPS) is 12.2. The fraction of sp³-hybridized carbons (Fsp3) is 0.100. The molecule has 1 N–H and O–H groups in total. The van der Waals surface area contributed by atoms with Crippen molar-refractivity contribution in [2.75, 3.05) is 4.72 Å². The zero-order chi connectivity index (χ0) is 21.0. The van der Waals surface area contributed by atoms with Gasteiger partial charge in [0.2, 0.25) is 5.78 Å². The van der Waals surface area contributed by atoms with Gasteiger partial charge in [0.1, 0.15) is 4.21 Å². The van der Waals surface area contributed by atoms with Crippen molar-refractivity contribution in [3.8, 4) is 0 Å². The number of carbonyl (C=O) groups excluding carboxylic acids is 2. The number of hydrogen-bond donors (Lipinski definition) is 1. The van der Waals surface area contributed by atoms with Crippen LogP contribution >= 0.6 is 22.9 Å². The number of ketones is 1. The van der Waals surface area contributed by atoms with E-state index in [1.807, 2.05) is 0 Å². The minimum absolute atomic E-state index is 0.00793. The van der Waals surface area contributed by atoms with Crippen LogP contribution in [-0.4, -0.2) is 26.3 Å². The number of sulfonamides is 1. The number of hydrogen-bond acceptors (Lipinski definition) is 6. The van der Waals surface area contributed by atoms with Crippen LogP contribution in [0.1, 0.15) is 27.6 Å². The lowest BCUT2D eigenvalue weighted by atomic mass is 10.1. The molecule has 0 fully saturated rings. The van der Waals surface area contributed by atoms with Gasteiger partial charge in [-0.05, 0) is 31.2 Å². The van der Waals surface area contributed by atoms with Gasteiger partial charge in [0.05, 0.1) is 15.6 Å². The molecule has 0 aliphatic rings. The first-order chi connectivity index (χ1) is 13.8. The molecule has 29 heavy (non-hydrogen) atoms. The van der Waals surface area contributed by atoms with E-state index in [2.05, 4.69) is 4.72 Å². The SMILES string of the molecule is C[C@H](OC(=O)c1ccccc1NS(=O)(=O)c1ccc(Cl)s1)C(=O)c1ccccc1. The van der Waals surface area contributed by atoms with Crippen LogP contribution < -0.4 is 4.72 Å². The van der Waals surface area contributed by atoms with E-state index < -0.39 is 22.1 Å². The Morgan fingerprint density at radius 2 is 1.66 bits per heavy atom. The second-order valence-electron chi connectivity index (χ2n) is 5.99. The molecule has 9 heteroatoms. The molecule has 2 aromatic carbocycles. The molecule has 0 radical (unpaired) electrons. The third kappa shape index (κ3) is 5.03.